The fraction of sp³-hybridized carbons (Fsp3) is 0.500. The Kier molecular flexibility index (Phi) is 7.56. The first-order valence-electron chi connectivity index (χ1n) is 7.73. The van der Waals surface area contributed by atoms with E-state index in [0.717, 1.165) is 4.90 Å². The van der Waals surface area contributed by atoms with Crippen LogP contribution in [0.4, 0.5) is 4.79 Å². The molecule has 0 aliphatic rings. The maximum absolute atomic E-state index is 13.1. The summed E-state index contributed by atoms with van der Waals surface area (Å²) in [5.74, 6) is 0.0821. The summed E-state index contributed by atoms with van der Waals surface area (Å²) >= 11 is 0. The summed E-state index contributed by atoms with van der Waals surface area (Å²) in [6.45, 7) is 1.60. The average molecular weight is 369 g/mol. The van der Waals surface area contributed by atoms with Crippen LogP contribution in [0.5, 0.6) is 5.75 Å². The number of carbonyl (C=O) groups is 2. The number of hydrogen-bond acceptors (Lipinski definition) is 6. The number of benzene rings is 1. The van der Waals surface area contributed by atoms with Crippen molar-refractivity contribution in [3.63, 3.8) is 0 Å². The zero-order chi connectivity index (χ0) is 19.0. The van der Waals surface area contributed by atoms with Crippen molar-refractivity contribution in [1.82, 2.24) is 10.2 Å². The second-order valence-electron chi connectivity index (χ2n) is 5.48. The average Bonchev–Trinajstić information content (AvgIpc) is 2.63. The van der Waals surface area contributed by atoms with Gasteiger partial charge in [-0.2, -0.15) is 12.8 Å². The highest BCUT2D eigenvalue weighted by molar-refractivity contribution is 7.61. The molecule has 0 aliphatic heterocycles. The number of urea groups is 1. The summed E-state index contributed by atoms with van der Waals surface area (Å²) in [5.41, 5.74) is -0.687. The number of methoxy groups -OCH3 is 1. The van der Waals surface area contributed by atoms with Crippen LogP contribution in [0.3, 0.4) is 0 Å². The first kappa shape index (κ1) is 20.6. The van der Waals surface area contributed by atoms with Crippen molar-refractivity contribution < 1.29 is 22.7 Å². The van der Waals surface area contributed by atoms with Gasteiger partial charge in [0.15, 0.2) is 0 Å². The third-order valence-corrected chi connectivity index (χ3v) is 4.33. The third-order valence-electron chi connectivity index (χ3n) is 3.99. The SMILES string of the molecule is CCCC(CN=S(=O)=O)(C(=O)N(C)C(=O)NC)c1ccc(OC)cc1. The van der Waals surface area contributed by atoms with Crippen LogP contribution in [0.2, 0.25) is 0 Å². The molecular formula is C16H23N3O5S. The van der Waals surface area contributed by atoms with E-state index in [-0.39, 0.29) is 6.54 Å². The molecule has 1 unspecified atom stereocenters. The number of imide groups is 1. The number of ether oxygens (including phenoxy) is 1. The van der Waals surface area contributed by atoms with Crippen LogP contribution >= 0.6 is 0 Å². The van der Waals surface area contributed by atoms with Gasteiger partial charge in [-0.05, 0) is 24.1 Å². The molecule has 1 aromatic rings. The van der Waals surface area contributed by atoms with Gasteiger partial charge in [-0.3, -0.25) is 9.69 Å². The minimum absolute atomic E-state index is 0.274. The highest BCUT2D eigenvalue weighted by Crippen LogP contribution is 2.33. The van der Waals surface area contributed by atoms with Crippen molar-refractivity contribution in [3.8, 4) is 5.75 Å². The monoisotopic (exact) mass is 369 g/mol. The van der Waals surface area contributed by atoms with Crippen molar-refractivity contribution in [2.45, 2.75) is 25.2 Å². The van der Waals surface area contributed by atoms with Gasteiger partial charge in [0.2, 0.25) is 5.91 Å². The largest absolute Gasteiger partial charge is 0.497 e. The predicted octanol–water partition coefficient (Wildman–Crippen LogP) is 1.59. The molecule has 0 spiro atoms. The van der Waals surface area contributed by atoms with Gasteiger partial charge in [-0.15, -0.1) is 0 Å². The molecule has 0 fully saturated rings. The van der Waals surface area contributed by atoms with Crippen molar-refractivity contribution in [2.75, 3.05) is 27.7 Å². The summed E-state index contributed by atoms with van der Waals surface area (Å²) < 4.78 is 30.6. The van der Waals surface area contributed by atoms with Gasteiger partial charge < -0.3 is 10.1 Å². The van der Waals surface area contributed by atoms with E-state index in [2.05, 4.69) is 9.68 Å². The van der Waals surface area contributed by atoms with Crippen molar-refractivity contribution in [3.05, 3.63) is 29.8 Å². The van der Waals surface area contributed by atoms with E-state index in [1.165, 1.54) is 21.2 Å². The first-order valence-corrected chi connectivity index (χ1v) is 8.76. The Bertz CT molecular complexity index is 738. The highest BCUT2D eigenvalue weighted by atomic mass is 32.2. The van der Waals surface area contributed by atoms with E-state index in [1.807, 2.05) is 6.92 Å². The van der Waals surface area contributed by atoms with Crippen LogP contribution in [0, 0.1) is 0 Å². The molecule has 1 N–H and O–H groups in total. The quantitative estimate of drug-likeness (QED) is 0.786. The number of amides is 3. The van der Waals surface area contributed by atoms with Crippen LogP contribution in [0.15, 0.2) is 28.6 Å². The van der Waals surface area contributed by atoms with Gasteiger partial charge >= 0.3 is 16.5 Å². The lowest BCUT2D eigenvalue weighted by molar-refractivity contribution is -0.133. The Morgan fingerprint density at radius 1 is 1.28 bits per heavy atom. The molecule has 0 aromatic heterocycles. The van der Waals surface area contributed by atoms with Gasteiger partial charge in [0.25, 0.3) is 0 Å². The fourth-order valence-electron chi connectivity index (χ4n) is 2.69. The first-order chi connectivity index (χ1) is 11.8. The fourth-order valence-corrected chi connectivity index (χ4v) is 3.02. The predicted molar refractivity (Wildman–Crippen MR) is 93.0 cm³/mol. The summed E-state index contributed by atoms with van der Waals surface area (Å²) in [6.07, 6.45) is 0.931. The molecule has 25 heavy (non-hydrogen) atoms. The minimum atomic E-state index is -2.66. The molecule has 0 bridgehead atoms. The molecule has 8 nitrogen and oxygen atoms in total. The highest BCUT2D eigenvalue weighted by Gasteiger charge is 2.43. The Labute approximate surface area is 148 Å². The molecule has 0 saturated heterocycles. The lowest BCUT2D eigenvalue weighted by Gasteiger charge is -2.34. The number of rotatable bonds is 7. The maximum Gasteiger partial charge on any atom is 0.323 e. The lowest BCUT2D eigenvalue weighted by atomic mass is 9.75. The van der Waals surface area contributed by atoms with Crippen LogP contribution in [0.25, 0.3) is 0 Å². The topological polar surface area (TPSA) is 105 Å². The minimum Gasteiger partial charge on any atom is -0.497 e. The van der Waals surface area contributed by atoms with E-state index in [0.29, 0.717) is 24.2 Å². The standard InChI is InChI=1S/C16H23N3O5S/c1-5-10-16(11-18-25(22)23,14(20)19(3)15(21)17-2)12-6-8-13(24-4)9-7-12/h6-9H,5,10-11H2,1-4H3,(H,17,21). The Balaban J connectivity index is 3.51. The summed E-state index contributed by atoms with van der Waals surface area (Å²) in [7, 11) is 1.63. The summed E-state index contributed by atoms with van der Waals surface area (Å²) in [4.78, 5) is 25.9. The number of nitrogens with zero attached hydrogens (tertiary/aromatic N) is 2. The Hall–Kier alpha value is -2.42. The van der Waals surface area contributed by atoms with E-state index in [1.54, 1.807) is 24.3 Å². The summed E-state index contributed by atoms with van der Waals surface area (Å²) in [6, 6.07) is 6.16. The van der Waals surface area contributed by atoms with Gasteiger partial charge in [-0.1, -0.05) is 25.5 Å². The van der Waals surface area contributed by atoms with Gasteiger partial charge in [0.05, 0.1) is 19.1 Å². The van der Waals surface area contributed by atoms with Crippen LogP contribution < -0.4 is 10.1 Å². The zero-order valence-corrected chi connectivity index (χ0v) is 15.6. The molecule has 1 rings (SSSR count). The lowest BCUT2D eigenvalue weighted by Crippen LogP contribution is -2.51. The molecule has 1 atom stereocenters. The van der Waals surface area contributed by atoms with Gasteiger partial charge in [0.1, 0.15) is 5.75 Å². The van der Waals surface area contributed by atoms with E-state index < -0.39 is 27.9 Å². The molecule has 0 heterocycles. The van der Waals surface area contributed by atoms with Gasteiger partial charge in [0, 0.05) is 14.1 Å². The number of nitrogens with one attached hydrogen (secondary N) is 1. The van der Waals surface area contributed by atoms with Crippen LogP contribution in [-0.4, -0.2) is 53.0 Å². The summed E-state index contributed by atoms with van der Waals surface area (Å²) in [5, 5.41) is 2.39. The Morgan fingerprint density at radius 3 is 2.32 bits per heavy atom. The number of carbonyl (C=O) groups excluding carboxylic acids is 2. The number of likely N-dealkylation sites (N-methyl/N-ethyl adjacent to an activating group) is 1. The normalized spacial score (nSPS) is 12.6. The van der Waals surface area contributed by atoms with Crippen molar-refractivity contribution >= 4 is 22.4 Å². The third kappa shape index (κ3) is 4.79. The van der Waals surface area contributed by atoms with Gasteiger partial charge in [-0.25, -0.2) is 4.79 Å². The zero-order valence-electron chi connectivity index (χ0n) is 14.8. The smallest absolute Gasteiger partial charge is 0.323 e. The van der Waals surface area contributed by atoms with Crippen LogP contribution in [-0.2, 0) is 20.7 Å². The molecular weight excluding hydrogens is 346 g/mol. The number of hydrogen-bond donors (Lipinski definition) is 1. The molecule has 1 aromatic carbocycles. The van der Waals surface area contributed by atoms with Crippen molar-refractivity contribution in [1.29, 1.82) is 0 Å². The van der Waals surface area contributed by atoms with E-state index >= 15 is 0 Å². The molecule has 9 heteroatoms. The Morgan fingerprint density at radius 2 is 1.88 bits per heavy atom. The molecule has 0 aliphatic carbocycles. The van der Waals surface area contributed by atoms with Crippen LogP contribution in [0.1, 0.15) is 25.3 Å². The van der Waals surface area contributed by atoms with E-state index in [4.69, 9.17) is 4.74 Å². The second kappa shape index (κ2) is 9.16. The molecule has 138 valence electrons. The van der Waals surface area contributed by atoms with Crippen molar-refractivity contribution in [2.24, 2.45) is 4.36 Å². The molecule has 0 saturated carbocycles. The molecule has 3 amide bonds. The second-order valence-corrected chi connectivity index (χ2v) is 6.18. The maximum atomic E-state index is 13.1. The van der Waals surface area contributed by atoms with E-state index in [9.17, 15) is 18.0 Å². The molecule has 0 radical (unpaired) electrons.